The van der Waals surface area contributed by atoms with Gasteiger partial charge >= 0.3 is 0 Å². The Kier molecular flexibility index (Phi) is 5.29. The number of nitrogens with one attached hydrogen (secondary N) is 1. The largest absolute Gasteiger partial charge is 0.374 e. The van der Waals surface area contributed by atoms with Gasteiger partial charge in [-0.3, -0.25) is 4.98 Å². The van der Waals surface area contributed by atoms with Gasteiger partial charge in [-0.15, -0.1) is 0 Å². The van der Waals surface area contributed by atoms with E-state index < -0.39 is 0 Å². The summed E-state index contributed by atoms with van der Waals surface area (Å²) < 4.78 is 5.50. The highest BCUT2D eigenvalue weighted by Crippen LogP contribution is 1.99. The van der Waals surface area contributed by atoms with Gasteiger partial charge in [0.2, 0.25) is 0 Å². The lowest BCUT2D eigenvalue weighted by molar-refractivity contribution is 0.119. The smallest absolute Gasteiger partial charge is 0.0888 e. The van der Waals surface area contributed by atoms with Crippen LogP contribution in [-0.2, 0) is 11.3 Å². The molecule has 0 unspecified atom stereocenters. The Morgan fingerprint density at radius 1 is 1.40 bits per heavy atom. The van der Waals surface area contributed by atoms with E-state index in [-0.39, 0.29) is 0 Å². The molecule has 3 heteroatoms. The Hall–Kier alpha value is -0.930. The number of pyridine rings is 1. The minimum absolute atomic E-state index is 0.519. The van der Waals surface area contributed by atoms with Crippen LogP contribution < -0.4 is 5.32 Å². The average molecular weight is 208 g/mol. The van der Waals surface area contributed by atoms with Crippen molar-refractivity contribution < 1.29 is 4.74 Å². The molecule has 0 saturated heterocycles. The maximum absolute atomic E-state index is 5.50. The molecule has 1 heterocycles. The molecule has 1 aromatic rings. The molecular formula is C12H20N2O. The van der Waals surface area contributed by atoms with Crippen LogP contribution in [0.25, 0.3) is 0 Å². The molecule has 0 aliphatic carbocycles. The molecule has 3 nitrogen and oxygen atoms in total. The van der Waals surface area contributed by atoms with Crippen LogP contribution in [0.2, 0.25) is 0 Å². The van der Waals surface area contributed by atoms with E-state index in [4.69, 9.17) is 4.74 Å². The lowest BCUT2D eigenvalue weighted by Gasteiger charge is -2.08. The summed E-state index contributed by atoms with van der Waals surface area (Å²) in [5.74, 6) is 0. The van der Waals surface area contributed by atoms with Gasteiger partial charge < -0.3 is 10.1 Å². The highest BCUT2D eigenvalue weighted by molar-refractivity contribution is 5.08. The molecule has 84 valence electrons. The molecule has 1 aromatic heterocycles. The Labute approximate surface area is 91.9 Å². The number of ether oxygens (including phenoxy) is 1. The fourth-order valence-electron chi connectivity index (χ4n) is 1.28. The molecule has 0 amide bonds. The van der Waals surface area contributed by atoms with Gasteiger partial charge in [0.25, 0.3) is 0 Å². The quantitative estimate of drug-likeness (QED) is 0.725. The van der Waals surface area contributed by atoms with Gasteiger partial charge in [0, 0.05) is 18.3 Å². The van der Waals surface area contributed by atoms with Crippen molar-refractivity contribution in [2.75, 3.05) is 13.2 Å². The van der Waals surface area contributed by atoms with Crippen LogP contribution in [0.1, 0.15) is 25.2 Å². The van der Waals surface area contributed by atoms with E-state index in [1.165, 1.54) is 0 Å². The molecular weight excluding hydrogens is 188 g/mol. The summed E-state index contributed by atoms with van der Waals surface area (Å²) in [5, 5.41) is 3.30. The second-order valence-corrected chi connectivity index (χ2v) is 3.93. The third-order valence-corrected chi connectivity index (χ3v) is 1.99. The Morgan fingerprint density at radius 2 is 2.20 bits per heavy atom. The number of rotatable bonds is 6. The van der Waals surface area contributed by atoms with E-state index in [1.54, 1.807) is 0 Å². The molecule has 0 aliphatic rings. The van der Waals surface area contributed by atoms with Crippen LogP contribution in [0.4, 0.5) is 0 Å². The highest BCUT2D eigenvalue weighted by atomic mass is 16.5. The van der Waals surface area contributed by atoms with E-state index in [0.29, 0.717) is 12.6 Å². The minimum atomic E-state index is 0.519. The lowest BCUT2D eigenvalue weighted by Crippen LogP contribution is -2.26. The minimum Gasteiger partial charge on any atom is -0.374 e. The maximum atomic E-state index is 5.50. The molecule has 0 fully saturated rings. The molecule has 0 saturated carbocycles. The van der Waals surface area contributed by atoms with Crippen LogP contribution in [-0.4, -0.2) is 24.2 Å². The SMILES string of the molecule is Cc1cccc(COCCNC(C)C)n1. The molecule has 0 spiro atoms. The van der Waals surface area contributed by atoms with Gasteiger partial charge in [-0.1, -0.05) is 19.9 Å². The average Bonchev–Trinajstić information content (AvgIpc) is 2.17. The summed E-state index contributed by atoms with van der Waals surface area (Å²) in [6, 6.07) is 6.51. The van der Waals surface area contributed by atoms with Crippen molar-refractivity contribution in [1.82, 2.24) is 10.3 Å². The fourth-order valence-corrected chi connectivity index (χ4v) is 1.28. The van der Waals surface area contributed by atoms with Crippen molar-refractivity contribution in [2.24, 2.45) is 0 Å². The van der Waals surface area contributed by atoms with Gasteiger partial charge in [-0.2, -0.15) is 0 Å². The molecule has 0 aromatic carbocycles. The van der Waals surface area contributed by atoms with Crippen molar-refractivity contribution >= 4 is 0 Å². The van der Waals surface area contributed by atoms with Crippen molar-refractivity contribution in [3.05, 3.63) is 29.6 Å². The number of hydrogen-bond donors (Lipinski definition) is 1. The zero-order valence-electron chi connectivity index (χ0n) is 9.79. The van der Waals surface area contributed by atoms with Crippen molar-refractivity contribution in [3.8, 4) is 0 Å². The first-order chi connectivity index (χ1) is 7.18. The van der Waals surface area contributed by atoms with E-state index >= 15 is 0 Å². The number of nitrogens with zero attached hydrogens (tertiary/aromatic N) is 1. The van der Waals surface area contributed by atoms with E-state index in [2.05, 4.69) is 24.1 Å². The van der Waals surface area contributed by atoms with Crippen LogP contribution in [0.3, 0.4) is 0 Å². The van der Waals surface area contributed by atoms with E-state index in [9.17, 15) is 0 Å². The Bertz CT molecular complexity index is 287. The standard InChI is InChI=1S/C12H20N2O/c1-10(2)13-7-8-15-9-12-6-4-5-11(3)14-12/h4-6,10,13H,7-9H2,1-3H3. The first kappa shape index (κ1) is 12.1. The van der Waals surface area contributed by atoms with Crippen molar-refractivity contribution in [2.45, 2.75) is 33.4 Å². The number of hydrogen-bond acceptors (Lipinski definition) is 3. The molecule has 0 bridgehead atoms. The van der Waals surface area contributed by atoms with Crippen LogP contribution >= 0.6 is 0 Å². The molecule has 1 rings (SSSR count). The van der Waals surface area contributed by atoms with E-state index in [0.717, 1.165) is 24.5 Å². The summed E-state index contributed by atoms with van der Waals surface area (Å²) in [4.78, 5) is 4.36. The summed E-state index contributed by atoms with van der Waals surface area (Å²) in [5.41, 5.74) is 2.04. The van der Waals surface area contributed by atoms with Gasteiger partial charge in [-0.25, -0.2) is 0 Å². The summed E-state index contributed by atoms with van der Waals surface area (Å²) in [6.07, 6.45) is 0. The maximum Gasteiger partial charge on any atom is 0.0888 e. The monoisotopic (exact) mass is 208 g/mol. The Balaban J connectivity index is 2.15. The van der Waals surface area contributed by atoms with Gasteiger partial charge in [0.15, 0.2) is 0 Å². The predicted molar refractivity (Wildman–Crippen MR) is 61.8 cm³/mol. The topological polar surface area (TPSA) is 34.1 Å². The van der Waals surface area contributed by atoms with Gasteiger partial charge in [0.05, 0.1) is 18.9 Å². The third-order valence-electron chi connectivity index (χ3n) is 1.99. The lowest BCUT2D eigenvalue weighted by atomic mass is 10.3. The normalized spacial score (nSPS) is 10.9. The van der Waals surface area contributed by atoms with Crippen LogP contribution in [0.5, 0.6) is 0 Å². The predicted octanol–water partition coefficient (Wildman–Crippen LogP) is 1.90. The van der Waals surface area contributed by atoms with Gasteiger partial charge in [-0.05, 0) is 19.1 Å². The first-order valence-corrected chi connectivity index (χ1v) is 5.42. The number of aromatic nitrogens is 1. The second kappa shape index (κ2) is 6.53. The first-order valence-electron chi connectivity index (χ1n) is 5.42. The van der Waals surface area contributed by atoms with Crippen LogP contribution in [0, 0.1) is 6.92 Å². The van der Waals surface area contributed by atoms with Crippen molar-refractivity contribution in [3.63, 3.8) is 0 Å². The molecule has 0 aliphatic heterocycles. The second-order valence-electron chi connectivity index (χ2n) is 3.93. The number of aryl methyl sites for hydroxylation is 1. The van der Waals surface area contributed by atoms with Gasteiger partial charge in [0.1, 0.15) is 0 Å². The molecule has 0 atom stereocenters. The van der Waals surface area contributed by atoms with Crippen molar-refractivity contribution in [1.29, 1.82) is 0 Å². The highest BCUT2D eigenvalue weighted by Gasteiger charge is 1.95. The summed E-state index contributed by atoms with van der Waals surface area (Å²) in [6.45, 7) is 8.47. The zero-order valence-corrected chi connectivity index (χ0v) is 9.79. The van der Waals surface area contributed by atoms with Crippen LogP contribution in [0.15, 0.2) is 18.2 Å². The fraction of sp³-hybridized carbons (Fsp3) is 0.583. The summed E-state index contributed by atoms with van der Waals surface area (Å²) >= 11 is 0. The Morgan fingerprint density at radius 3 is 2.87 bits per heavy atom. The molecule has 15 heavy (non-hydrogen) atoms. The molecule has 0 radical (unpaired) electrons. The third kappa shape index (κ3) is 5.50. The molecule has 1 N–H and O–H groups in total. The van der Waals surface area contributed by atoms with E-state index in [1.807, 2.05) is 25.1 Å². The summed E-state index contributed by atoms with van der Waals surface area (Å²) in [7, 11) is 0. The zero-order chi connectivity index (χ0) is 11.1.